The Morgan fingerprint density at radius 1 is 1.21 bits per heavy atom. The predicted molar refractivity (Wildman–Crippen MR) is 72.3 cm³/mol. The van der Waals surface area contributed by atoms with Crippen LogP contribution in [0.2, 0.25) is 0 Å². The fourth-order valence-electron chi connectivity index (χ4n) is 2.17. The lowest BCUT2D eigenvalue weighted by Gasteiger charge is -2.14. The molecule has 0 saturated carbocycles. The van der Waals surface area contributed by atoms with Crippen molar-refractivity contribution in [1.29, 1.82) is 0 Å². The molecule has 1 saturated heterocycles. The van der Waals surface area contributed by atoms with E-state index in [1.54, 1.807) is 20.0 Å². The van der Waals surface area contributed by atoms with Gasteiger partial charge >= 0.3 is 0 Å². The average Bonchev–Trinajstić information content (AvgIpc) is 2.59. The second kappa shape index (κ2) is 5.38. The van der Waals surface area contributed by atoms with Crippen molar-refractivity contribution in [3.05, 3.63) is 23.9 Å². The Hall–Kier alpha value is -1.91. The molecule has 2 rings (SSSR count). The first-order valence-corrected chi connectivity index (χ1v) is 6.58. The van der Waals surface area contributed by atoms with Crippen molar-refractivity contribution in [2.24, 2.45) is 11.8 Å². The van der Waals surface area contributed by atoms with E-state index >= 15 is 0 Å². The average molecular weight is 261 g/mol. The van der Waals surface area contributed by atoms with Gasteiger partial charge in [0.25, 0.3) is 0 Å². The first-order valence-electron chi connectivity index (χ1n) is 6.58. The highest BCUT2D eigenvalue weighted by Gasteiger charge is 2.41. The van der Waals surface area contributed by atoms with Gasteiger partial charge in [-0.2, -0.15) is 0 Å². The Kier molecular flexibility index (Phi) is 3.83. The maximum Gasteiger partial charge on any atom is 0.233 e. The van der Waals surface area contributed by atoms with Crippen molar-refractivity contribution in [3.8, 4) is 0 Å². The van der Waals surface area contributed by atoms with Crippen molar-refractivity contribution >= 4 is 17.6 Å². The zero-order valence-electron chi connectivity index (χ0n) is 11.5. The quantitative estimate of drug-likeness (QED) is 0.837. The molecule has 1 fully saturated rings. The van der Waals surface area contributed by atoms with E-state index in [1.165, 1.54) is 4.90 Å². The van der Waals surface area contributed by atoms with E-state index in [1.807, 2.05) is 19.1 Å². The van der Waals surface area contributed by atoms with Crippen LogP contribution in [0.1, 0.15) is 26.3 Å². The van der Waals surface area contributed by atoms with E-state index in [2.05, 4.69) is 10.3 Å². The minimum atomic E-state index is -0.221. The van der Waals surface area contributed by atoms with Crippen LogP contribution in [0.4, 0.5) is 5.82 Å². The molecule has 0 aromatic carbocycles. The molecule has 1 aromatic rings. The van der Waals surface area contributed by atoms with Crippen molar-refractivity contribution in [2.45, 2.75) is 27.3 Å². The van der Waals surface area contributed by atoms with Crippen LogP contribution in [-0.4, -0.2) is 28.2 Å². The molecule has 2 unspecified atom stereocenters. The lowest BCUT2D eigenvalue weighted by atomic mass is 10.00. The summed E-state index contributed by atoms with van der Waals surface area (Å²) in [5.41, 5.74) is 0.865. The van der Waals surface area contributed by atoms with E-state index in [0.29, 0.717) is 6.54 Å². The third kappa shape index (κ3) is 2.59. The Labute approximate surface area is 113 Å². The van der Waals surface area contributed by atoms with Crippen LogP contribution < -0.4 is 5.32 Å². The van der Waals surface area contributed by atoms with Crippen LogP contribution in [0.25, 0.3) is 0 Å². The molecule has 5 nitrogen and oxygen atoms in total. The van der Waals surface area contributed by atoms with Gasteiger partial charge in [-0.15, -0.1) is 0 Å². The zero-order valence-corrected chi connectivity index (χ0v) is 11.5. The van der Waals surface area contributed by atoms with E-state index < -0.39 is 0 Å². The molecular formula is C14H19N3O2. The van der Waals surface area contributed by atoms with Crippen molar-refractivity contribution in [2.75, 3.05) is 11.9 Å². The maximum atomic E-state index is 12.0. The normalized spacial score (nSPS) is 23.0. The first kappa shape index (κ1) is 13.5. The molecular weight excluding hydrogens is 242 g/mol. The SMILES string of the molecule is CCNc1ccc(CN2C(=O)C(C)C(C)C2=O)cn1. The number of amides is 2. The summed E-state index contributed by atoms with van der Waals surface area (Å²) < 4.78 is 0. The van der Waals surface area contributed by atoms with Crippen molar-refractivity contribution in [3.63, 3.8) is 0 Å². The molecule has 2 atom stereocenters. The molecule has 1 aromatic heterocycles. The van der Waals surface area contributed by atoms with Gasteiger partial charge in [0.2, 0.25) is 11.8 Å². The summed E-state index contributed by atoms with van der Waals surface area (Å²) >= 11 is 0. The van der Waals surface area contributed by atoms with E-state index in [4.69, 9.17) is 0 Å². The molecule has 5 heteroatoms. The predicted octanol–water partition coefficient (Wildman–Crippen LogP) is 1.65. The molecule has 19 heavy (non-hydrogen) atoms. The summed E-state index contributed by atoms with van der Waals surface area (Å²) in [4.78, 5) is 29.5. The molecule has 0 bridgehead atoms. The fraction of sp³-hybridized carbons (Fsp3) is 0.500. The highest BCUT2D eigenvalue weighted by molar-refractivity contribution is 6.04. The van der Waals surface area contributed by atoms with Gasteiger partial charge in [-0.3, -0.25) is 14.5 Å². The number of hydrogen-bond donors (Lipinski definition) is 1. The second-order valence-corrected chi connectivity index (χ2v) is 4.92. The van der Waals surface area contributed by atoms with Crippen LogP contribution in [0, 0.1) is 11.8 Å². The second-order valence-electron chi connectivity index (χ2n) is 4.92. The highest BCUT2D eigenvalue weighted by Crippen LogP contribution is 2.26. The number of aromatic nitrogens is 1. The van der Waals surface area contributed by atoms with E-state index in [-0.39, 0.29) is 23.7 Å². The number of rotatable bonds is 4. The third-order valence-electron chi connectivity index (χ3n) is 3.58. The van der Waals surface area contributed by atoms with Crippen molar-refractivity contribution in [1.82, 2.24) is 9.88 Å². The van der Waals surface area contributed by atoms with Gasteiger partial charge in [-0.25, -0.2) is 4.98 Å². The molecule has 1 aliphatic rings. The Bertz CT molecular complexity index is 464. The highest BCUT2D eigenvalue weighted by atomic mass is 16.2. The molecule has 2 heterocycles. The van der Waals surface area contributed by atoms with Gasteiger partial charge in [0.15, 0.2) is 0 Å². The van der Waals surface area contributed by atoms with Gasteiger partial charge in [-0.1, -0.05) is 19.9 Å². The number of nitrogens with one attached hydrogen (secondary N) is 1. The summed E-state index contributed by atoms with van der Waals surface area (Å²) in [6.45, 7) is 6.73. The van der Waals surface area contributed by atoms with Gasteiger partial charge in [-0.05, 0) is 18.6 Å². The van der Waals surface area contributed by atoms with Crippen LogP contribution in [0.15, 0.2) is 18.3 Å². The van der Waals surface area contributed by atoms with Crippen LogP contribution >= 0.6 is 0 Å². The molecule has 1 N–H and O–H groups in total. The molecule has 102 valence electrons. The van der Waals surface area contributed by atoms with Gasteiger partial charge in [0, 0.05) is 24.6 Å². The lowest BCUT2D eigenvalue weighted by Crippen LogP contribution is -2.30. The number of carbonyl (C=O) groups excluding carboxylic acids is 2. The minimum absolute atomic E-state index is 0.0896. The first-order chi connectivity index (χ1) is 9.04. The van der Waals surface area contributed by atoms with E-state index in [0.717, 1.165) is 17.9 Å². The standard InChI is InChI=1S/C14H19N3O2/c1-4-15-12-6-5-11(7-16-12)8-17-13(18)9(2)10(3)14(17)19/h5-7,9-10H,4,8H2,1-3H3,(H,15,16). The number of likely N-dealkylation sites (tertiary alicyclic amines) is 1. The number of nitrogens with zero attached hydrogens (tertiary/aromatic N) is 2. The molecule has 1 aliphatic heterocycles. The van der Waals surface area contributed by atoms with Gasteiger partial charge < -0.3 is 5.32 Å². The Morgan fingerprint density at radius 2 is 1.84 bits per heavy atom. The van der Waals surface area contributed by atoms with Crippen LogP contribution in [0.3, 0.4) is 0 Å². The summed E-state index contributed by atoms with van der Waals surface area (Å²) in [7, 11) is 0. The fourth-order valence-corrected chi connectivity index (χ4v) is 2.17. The lowest BCUT2D eigenvalue weighted by molar-refractivity contribution is -0.140. The number of carbonyl (C=O) groups is 2. The van der Waals surface area contributed by atoms with Gasteiger partial charge in [0.1, 0.15) is 5.82 Å². The van der Waals surface area contributed by atoms with E-state index in [9.17, 15) is 9.59 Å². The molecule has 0 spiro atoms. The maximum absolute atomic E-state index is 12.0. The number of anilines is 1. The molecule has 0 radical (unpaired) electrons. The number of pyridine rings is 1. The number of imide groups is 1. The smallest absolute Gasteiger partial charge is 0.233 e. The minimum Gasteiger partial charge on any atom is -0.370 e. The van der Waals surface area contributed by atoms with Gasteiger partial charge in [0.05, 0.1) is 6.54 Å². The zero-order chi connectivity index (χ0) is 14.0. The third-order valence-corrected chi connectivity index (χ3v) is 3.58. The monoisotopic (exact) mass is 261 g/mol. The molecule has 2 amide bonds. The summed E-state index contributed by atoms with van der Waals surface area (Å²) in [5, 5.41) is 3.10. The summed E-state index contributed by atoms with van der Waals surface area (Å²) in [6, 6.07) is 3.75. The Balaban J connectivity index is 2.09. The molecule has 0 aliphatic carbocycles. The Morgan fingerprint density at radius 3 is 2.32 bits per heavy atom. The largest absolute Gasteiger partial charge is 0.370 e. The topological polar surface area (TPSA) is 62.3 Å². The van der Waals surface area contributed by atoms with Crippen LogP contribution in [-0.2, 0) is 16.1 Å². The summed E-state index contributed by atoms with van der Waals surface area (Å²) in [5.74, 6) is 0.177. The summed E-state index contributed by atoms with van der Waals surface area (Å²) in [6.07, 6.45) is 1.70. The number of hydrogen-bond acceptors (Lipinski definition) is 4. The van der Waals surface area contributed by atoms with Crippen LogP contribution in [0.5, 0.6) is 0 Å². The van der Waals surface area contributed by atoms with Crippen molar-refractivity contribution < 1.29 is 9.59 Å².